The van der Waals surface area contributed by atoms with Crippen LogP contribution in [0.1, 0.15) is 33.1 Å². The first-order valence-corrected chi connectivity index (χ1v) is 7.15. The van der Waals surface area contributed by atoms with Gasteiger partial charge in [-0.05, 0) is 25.2 Å². The molecule has 0 spiro atoms. The maximum Gasteiger partial charge on any atom is 0.0723 e. The average molecular weight is 259 g/mol. The Labute approximate surface area is 111 Å². The minimum atomic E-state index is 0.299. The summed E-state index contributed by atoms with van der Waals surface area (Å²) in [6, 6.07) is 0.750. The van der Waals surface area contributed by atoms with Crippen molar-refractivity contribution in [3.05, 3.63) is 0 Å². The Morgan fingerprint density at radius 1 is 1.11 bits per heavy atom. The molecule has 1 aliphatic carbocycles. The summed E-state index contributed by atoms with van der Waals surface area (Å²) in [6.07, 6.45) is 3.90. The van der Waals surface area contributed by atoms with Crippen LogP contribution in [-0.4, -0.2) is 52.2 Å². The maximum atomic E-state index is 5.87. The zero-order chi connectivity index (χ0) is 13.2. The van der Waals surface area contributed by atoms with Gasteiger partial charge in [-0.3, -0.25) is 0 Å². The lowest BCUT2D eigenvalue weighted by Gasteiger charge is -2.22. The molecule has 4 nitrogen and oxygen atoms in total. The van der Waals surface area contributed by atoms with E-state index in [1.54, 1.807) is 7.11 Å². The van der Waals surface area contributed by atoms with E-state index in [1.165, 1.54) is 12.8 Å². The van der Waals surface area contributed by atoms with Crippen molar-refractivity contribution in [1.29, 1.82) is 0 Å². The van der Waals surface area contributed by atoms with Crippen LogP contribution in [0.25, 0.3) is 0 Å². The summed E-state index contributed by atoms with van der Waals surface area (Å²) in [5.41, 5.74) is 0. The van der Waals surface area contributed by atoms with E-state index in [9.17, 15) is 0 Å². The van der Waals surface area contributed by atoms with Crippen molar-refractivity contribution in [2.75, 3.05) is 40.1 Å². The molecule has 1 atom stereocenters. The van der Waals surface area contributed by atoms with Crippen LogP contribution in [0.4, 0.5) is 0 Å². The zero-order valence-corrected chi connectivity index (χ0v) is 12.1. The van der Waals surface area contributed by atoms with E-state index in [4.69, 9.17) is 14.2 Å². The number of rotatable bonds is 12. The summed E-state index contributed by atoms with van der Waals surface area (Å²) in [7, 11) is 1.71. The Morgan fingerprint density at radius 3 is 2.50 bits per heavy atom. The SMILES string of the molecule is COCCCOCCOC(CNC1CC1)C(C)C. The minimum Gasteiger partial charge on any atom is -0.385 e. The number of methoxy groups -OCH3 is 1. The molecular weight excluding hydrogens is 230 g/mol. The van der Waals surface area contributed by atoms with Gasteiger partial charge >= 0.3 is 0 Å². The third kappa shape index (κ3) is 8.03. The van der Waals surface area contributed by atoms with E-state index in [1.807, 2.05) is 0 Å². The fourth-order valence-electron chi connectivity index (χ4n) is 1.72. The van der Waals surface area contributed by atoms with Gasteiger partial charge in [-0.25, -0.2) is 0 Å². The second kappa shape index (κ2) is 9.73. The molecule has 0 saturated heterocycles. The summed E-state index contributed by atoms with van der Waals surface area (Å²) in [4.78, 5) is 0. The molecule has 0 aromatic carbocycles. The number of hydrogen-bond acceptors (Lipinski definition) is 4. The first-order chi connectivity index (χ1) is 8.74. The van der Waals surface area contributed by atoms with Crippen LogP contribution >= 0.6 is 0 Å². The lowest BCUT2D eigenvalue weighted by molar-refractivity contribution is -0.0164. The molecule has 108 valence electrons. The highest BCUT2D eigenvalue weighted by Gasteiger charge is 2.23. The molecule has 0 heterocycles. The van der Waals surface area contributed by atoms with E-state index >= 15 is 0 Å². The summed E-state index contributed by atoms with van der Waals surface area (Å²) >= 11 is 0. The molecule has 1 saturated carbocycles. The van der Waals surface area contributed by atoms with Gasteiger partial charge in [-0.2, -0.15) is 0 Å². The number of nitrogens with one attached hydrogen (secondary N) is 1. The van der Waals surface area contributed by atoms with E-state index in [2.05, 4.69) is 19.2 Å². The standard InChI is InChI=1S/C14H29NO3/c1-12(2)14(11-15-13-5-6-13)18-10-9-17-8-4-7-16-3/h12-15H,4-11H2,1-3H3. The molecule has 0 aromatic heterocycles. The molecule has 0 aliphatic heterocycles. The van der Waals surface area contributed by atoms with Gasteiger partial charge in [-0.15, -0.1) is 0 Å². The molecule has 0 bridgehead atoms. The molecule has 1 unspecified atom stereocenters. The van der Waals surface area contributed by atoms with Crippen LogP contribution in [0.3, 0.4) is 0 Å². The summed E-state index contributed by atoms with van der Waals surface area (Å²) < 4.78 is 16.3. The Hall–Kier alpha value is -0.160. The molecule has 1 aliphatic rings. The van der Waals surface area contributed by atoms with Gasteiger partial charge in [0.1, 0.15) is 0 Å². The molecule has 0 amide bonds. The molecule has 0 aromatic rings. The minimum absolute atomic E-state index is 0.299. The Balaban J connectivity index is 1.95. The van der Waals surface area contributed by atoms with Crippen LogP contribution < -0.4 is 5.32 Å². The van der Waals surface area contributed by atoms with Gasteiger partial charge in [0.05, 0.1) is 19.3 Å². The maximum absolute atomic E-state index is 5.87. The van der Waals surface area contributed by atoms with Crippen LogP contribution in [0.5, 0.6) is 0 Å². The number of ether oxygens (including phenoxy) is 3. The van der Waals surface area contributed by atoms with Crippen molar-refractivity contribution in [1.82, 2.24) is 5.32 Å². The van der Waals surface area contributed by atoms with Gasteiger partial charge in [0.15, 0.2) is 0 Å². The summed E-state index contributed by atoms with van der Waals surface area (Å²) in [5, 5.41) is 3.52. The monoisotopic (exact) mass is 259 g/mol. The smallest absolute Gasteiger partial charge is 0.0723 e. The van der Waals surface area contributed by atoms with Gasteiger partial charge in [0, 0.05) is 32.9 Å². The third-order valence-electron chi connectivity index (χ3n) is 3.13. The van der Waals surface area contributed by atoms with Crippen LogP contribution in [0, 0.1) is 5.92 Å². The Kier molecular flexibility index (Phi) is 8.59. The molecule has 0 radical (unpaired) electrons. The lowest BCUT2D eigenvalue weighted by atomic mass is 10.1. The first kappa shape index (κ1) is 15.9. The Bertz CT molecular complexity index is 195. The fraction of sp³-hybridized carbons (Fsp3) is 1.00. The van der Waals surface area contributed by atoms with E-state index in [0.717, 1.165) is 32.2 Å². The highest BCUT2D eigenvalue weighted by atomic mass is 16.5. The molecule has 4 heteroatoms. The molecule has 1 fully saturated rings. The van der Waals surface area contributed by atoms with Crippen molar-refractivity contribution in [3.8, 4) is 0 Å². The van der Waals surface area contributed by atoms with Crippen molar-refractivity contribution in [3.63, 3.8) is 0 Å². The van der Waals surface area contributed by atoms with Gasteiger partial charge in [0.25, 0.3) is 0 Å². The largest absolute Gasteiger partial charge is 0.385 e. The predicted octanol–water partition coefficient (Wildman–Crippen LogP) is 1.83. The van der Waals surface area contributed by atoms with Gasteiger partial charge in [-0.1, -0.05) is 13.8 Å². The lowest BCUT2D eigenvalue weighted by Crippen LogP contribution is -2.35. The second-order valence-electron chi connectivity index (χ2n) is 5.29. The first-order valence-electron chi connectivity index (χ1n) is 7.15. The van der Waals surface area contributed by atoms with Crippen molar-refractivity contribution < 1.29 is 14.2 Å². The predicted molar refractivity (Wildman–Crippen MR) is 72.9 cm³/mol. The number of hydrogen-bond donors (Lipinski definition) is 1. The molecule has 18 heavy (non-hydrogen) atoms. The van der Waals surface area contributed by atoms with Gasteiger partial charge < -0.3 is 19.5 Å². The van der Waals surface area contributed by atoms with Gasteiger partial charge in [0.2, 0.25) is 0 Å². The third-order valence-corrected chi connectivity index (χ3v) is 3.13. The fourth-order valence-corrected chi connectivity index (χ4v) is 1.72. The topological polar surface area (TPSA) is 39.7 Å². The Morgan fingerprint density at radius 2 is 1.89 bits per heavy atom. The van der Waals surface area contributed by atoms with E-state index < -0.39 is 0 Å². The average Bonchev–Trinajstić information content (AvgIpc) is 3.15. The van der Waals surface area contributed by atoms with Crippen LogP contribution in [0.15, 0.2) is 0 Å². The highest BCUT2D eigenvalue weighted by molar-refractivity contribution is 4.82. The molecular formula is C14H29NO3. The summed E-state index contributed by atoms with van der Waals surface area (Å²) in [6.45, 7) is 8.26. The van der Waals surface area contributed by atoms with E-state index in [0.29, 0.717) is 25.2 Å². The summed E-state index contributed by atoms with van der Waals surface area (Å²) in [5.74, 6) is 0.546. The normalized spacial score (nSPS) is 17.3. The zero-order valence-electron chi connectivity index (χ0n) is 12.1. The molecule has 1 N–H and O–H groups in total. The quantitative estimate of drug-likeness (QED) is 0.543. The van der Waals surface area contributed by atoms with Crippen molar-refractivity contribution in [2.45, 2.75) is 45.3 Å². The van der Waals surface area contributed by atoms with Crippen molar-refractivity contribution >= 4 is 0 Å². The second-order valence-corrected chi connectivity index (χ2v) is 5.29. The van der Waals surface area contributed by atoms with Crippen LogP contribution in [0.2, 0.25) is 0 Å². The van der Waals surface area contributed by atoms with Crippen molar-refractivity contribution in [2.24, 2.45) is 5.92 Å². The molecule has 1 rings (SSSR count). The van der Waals surface area contributed by atoms with Crippen LogP contribution in [-0.2, 0) is 14.2 Å². The van der Waals surface area contributed by atoms with E-state index in [-0.39, 0.29) is 0 Å². The highest BCUT2D eigenvalue weighted by Crippen LogP contribution is 2.19.